The van der Waals surface area contributed by atoms with E-state index in [9.17, 15) is 10.2 Å². The minimum Gasteiger partial charge on any atom is -0.396 e. The van der Waals surface area contributed by atoms with Crippen molar-refractivity contribution in [2.75, 3.05) is 26.4 Å². The van der Waals surface area contributed by atoms with Gasteiger partial charge in [0.15, 0.2) is 0 Å². The fourth-order valence-corrected chi connectivity index (χ4v) is 2.65. The van der Waals surface area contributed by atoms with Crippen LogP contribution in [0.15, 0.2) is 0 Å². The summed E-state index contributed by atoms with van der Waals surface area (Å²) in [4.78, 5) is 0. The van der Waals surface area contributed by atoms with Crippen molar-refractivity contribution in [3.8, 4) is 0 Å². The molecule has 0 amide bonds. The first kappa shape index (κ1) is 58.9. The highest BCUT2D eigenvalue weighted by atomic mass is 16.3. The molecule has 8 N–H and O–H groups in total. The van der Waals surface area contributed by atoms with Gasteiger partial charge in [-0.1, -0.05) is 118 Å². The highest BCUT2D eigenvalue weighted by Gasteiger charge is 2.26. The van der Waals surface area contributed by atoms with Crippen LogP contribution in [-0.4, -0.2) is 90.7 Å². The van der Waals surface area contributed by atoms with Crippen molar-refractivity contribution in [2.45, 2.75) is 181 Å². The summed E-state index contributed by atoms with van der Waals surface area (Å²) in [6.07, 6.45) is 3.23. The lowest BCUT2D eigenvalue weighted by molar-refractivity contribution is 0.00966. The minimum absolute atomic E-state index is 0.0567. The van der Waals surface area contributed by atoms with Crippen LogP contribution in [0.1, 0.15) is 157 Å². The molecule has 8 nitrogen and oxygen atoms in total. The summed E-state index contributed by atoms with van der Waals surface area (Å²) in [5, 5.41) is 71.3. The van der Waals surface area contributed by atoms with E-state index in [1.165, 1.54) is 0 Å². The van der Waals surface area contributed by atoms with Crippen LogP contribution in [0.25, 0.3) is 0 Å². The van der Waals surface area contributed by atoms with Crippen LogP contribution in [-0.2, 0) is 0 Å². The van der Waals surface area contributed by atoms with Crippen LogP contribution in [0.5, 0.6) is 0 Å². The van der Waals surface area contributed by atoms with E-state index in [-0.39, 0.29) is 50.0 Å². The highest BCUT2D eigenvalue weighted by Crippen LogP contribution is 2.24. The summed E-state index contributed by atoms with van der Waals surface area (Å²) in [5.74, 6) is 2.35. The topological polar surface area (TPSA) is 162 Å². The summed E-state index contributed by atoms with van der Waals surface area (Å²) < 4.78 is 0. The molecule has 294 valence electrons. The monoisotopic (exact) mass is 687 g/mol. The standard InChI is InChI=1S/C7H16O2.2C7H16O.C6H14O2.2C6H14O/c1-6(2)7(3,4-8)5-9;2*1-5-7(4,8)6(2)3;1-5(2)6(3-7)4-8;2*1-4-6(7)5(2)3/h6,8-9H,4-5H2,1-3H3;2*6,8H,5H2,1-4H3;5-8H,3-4H2,1-2H3;2*5-7H,4H2,1-3H3/t;2*7-;;2*6-/m.10.10/s1. The molecule has 0 aromatic carbocycles. The zero-order valence-corrected chi connectivity index (χ0v) is 34.9. The fraction of sp³-hybridized carbons (Fsp3) is 1.00. The second-order valence-corrected chi connectivity index (χ2v) is 15.7. The zero-order valence-electron chi connectivity index (χ0n) is 34.9. The van der Waals surface area contributed by atoms with Gasteiger partial charge in [-0.25, -0.2) is 0 Å². The summed E-state index contributed by atoms with van der Waals surface area (Å²) in [6.45, 7) is 38.1. The van der Waals surface area contributed by atoms with Crippen LogP contribution >= 0.6 is 0 Å². The molecule has 0 radical (unpaired) electrons. The average molecular weight is 687 g/mol. The van der Waals surface area contributed by atoms with E-state index < -0.39 is 11.2 Å². The SMILES string of the molecule is CC(C)C(C)(CO)CO.CC(C)C(CO)CO.CC[C@@H](O)C(C)C.CC[C@@](C)(O)C(C)C.CC[C@H](O)C(C)C.CC[C@](C)(O)C(C)C. The quantitative estimate of drug-likeness (QED) is 0.0944. The Morgan fingerprint density at radius 3 is 0.702 bits per heavy atom. The Labute approximate surface area is 294 Å². The summed E-state index contributed by atoms with van der Waals surface area (Å²) in [6, 6.07) is 0. The molecule has 0 aliphatic carbocycles. The molecule has 0 rings (SSSR count). The van der Waals surface area contributed by atoms with Gasteiger partial charge in [0.05, 0.1) is 36.6 Å². The maximum atomic E-state index is 9.40. The smallest absolute Gasteiger partial charge is 0.0639 e. The number of rotatable bonds is 14. The summed E-state index contributed by atoms with van der Waals surface area (Å²) in [5.41, 5.74) is -1.22. The van der Waals surface area contributed by atoms with Gasteiger partial charge in [-0.15, -0.1) is 0 Å². The molecule has 47 heavy (non-hydrogen) atoms. The van der Waals surface area contributed by atoms with Gasteiger partial charge < -0.3 is 40.9 Å². The second kappa shape index (κ2) is 32.9. The van der Waals surface area contributed by atoms with Gasteiger partial charge >= 0.3 is 0 Å². The Hall–Kier alpha value is -0.320. The van der Waals surface area contributed by atoms with Crippen LogP contribution < -0.4 is 0 Å². The molecular formula is C39H90O8. The van der Waals surface area contributed by atoms with Gasteiger partial charge in [-0.3, -0.25) is 0 Å². The third-order valence-electron chi connectivity index (χ3n) is 9.82. The van der Waals surface area contributed by atoms with Crippen LogP contribution in [0, 0.1) is 46.8 Å². The van der Waals surface area contributed by atoms with Crippen LogP contribution in [0.4, 0.5) is 0 Å². The molecule has 0 spiro atoms. The molecule has 0 fully saturated rings. The first-order chi connectivity index (χ1) is 21.2. The maximum absolute atomic E-state index is 9.40. The Balaban J connectivity index is -0.000000108. The Morgan fingerprint density at radius 2 is 0.702 bits per heavy atom. The third kappa shape index (κ3) is 35.3. The third-order valence-corrected chi connectivity index (χ3v) is 9.82. The molecule has 0 aromatic rings. The van der Waals surface area contributed by atoms with Gasteiger partial charge in [0, 0.05) is 24.5 Å². The number of aliphatic hydroxyl groups excluding tert-OH is 6. The van der Waals surface area contributed by atoms with Crippen molar-refractivity contribution in [3.05, 3.63) is 0 Å². The van der Waals surface area contributed by atoms with E-state index in [0.29, 0.717) is 35.5 Å². The van der Waals surface area contributed by atoms with Gasteiger partial charge in [-0.2, -0.15) is 0 Å². The lowest BCUT2D eigenvalue weighted by Gasteiger charge is -2.28. The molecule has 0 unspecified atom stereocenters. The van der Waals surface area contributed by atoms with Crippen molar-refractivity contribution in [2.24, 2.45) is 46.8 Å². The average Bonchev–Trinajstić information content (AvgIpc) is 3.01. The zero-order chi connectivity index (χ0) is 39.4. The van der Waals surface area contributed by atoms with Gasteiger partial charge in [0.25, 0.3) is 0 Å². The maximum Gasteiger partial charge on any atom is 0.0639 e. The van der Waals surface area contributed by atoms with Gasteiger partial charge in [-0.05, 0) is 75.0 Å². The fourth-order valence-electron chi connectivity index (χ4n) is 2.65. The number of hydrogen-bond acceptors (Lipinski definition) is 8. The lowest BCUT2D eigenvalue weighted by atomic mass is 9.81. The summed E-state index contributed by atoms with van der Waals surface area (Å²) >= 11 is 0. The molecule has 0 aliphatic rings. The number of hydrogen-bond donors (Lipinski definition) is 8. The highest BCUT2D eigenvalue weighted by molar-refractivity contribution is 4.75. The summed E-state index contributed by atoms with van der Waals surface area (Å²) in [7, 11) is 0. The first-order valence-corrected chi connectivity index (χ1v) is 18.4. The van der Waals surface area contributed by atoms with E-state index in [1.807, 2.05) is 132 Å². The first-order valence-electron chi connectivity index (χ1n) is 18.4. The number of aliphatic hydroxyl groups is 8. The molecular weight excluding hydrogens is 596 g/mol. The van der Waals surface area contributed by atoms with Crippen LogP contribution in [0.2, 0.25) is 0 Å². The molecule has 0 aliphatic heterocycles. The van der Waals surface area contributed by atoms with Crippen molar-refractivity contribution in [1.29, 1.82) is 0 Å². The lowest BCUT2D eigenvalue weighted by Crippen LogP contribution is -2.31. The minimum atomic E-state index is -0.458. The molecule has 0 bridgehead atoms. The molecule has 0 aromatic heterocycles. The van der Waals surface area contributed by atoms with Crippen LogP contribution in [0.3, 0.4) is 0 Å². The predicted octanol–water partition coefficient (Wildman–Crippen LogP) is 7.31. The predicted molar refractivity (Wildman–Crippen MR) is 203 cm³/mol. The molecule has 4 atom stereocenters. The van der Waals surface area contributed by atoms with E-state index >= 15 is 0 Å². The Bertz CT molecular complexity index is 574. The van der Waals surface area contributed by atoms with E-state index in [1.54, 1.807) is 0 Å². The molecule has 0 saturated heterocycles. The van der Waals surface area contributed by atoms with E-state index in [4.69, 9.17) is 30.6 Å². The van der Waals surface area contributed by atoms with Crippen molar-refractivity contribution >= 4 is 0 Å². The van der Waals surface area contributed by atoms with Crippen molar-refractivity contribution in [3.63, 3.8) is 0 Å². The largest absolute Gasteiger partial charge is 0.396 e. The van der Waals surface area contributed by atoms with E-state index in [0.717, 1.165) is 25.7 Å². The Morgan fingerprint density at radius 1 is 0.447 bits per heavy atom. The second-order valence-electron chi connectivity index (χ2n) is 15.7. The normalized spacial score (nSPS) is 15.2. The molecule has 0 heterocycles. The Kier molecular flexibility index (Phi) is 41.2. The van der Waals surface area contributed by atoms with Crippen molar-refractivity contribution < 1.29 is 40.9 Å². The van der Waals surface area contributed by atoms with Gasteiger partial charge in [0.1, 0.15) is 0 Å². The molecule has 0 saturated carbocycles. The van der Waals surface area contributed by atoms with Crippen molar-refractivity contribution in [1.82, 2.24) is 0 Å². The molecule has 8 heteroatoms. The van der Waals surface area contributed by atoms with E-state index in [2.05, 4.69) is 0 Å². The van der Waals surface area contributed by atoms with Gasteiger partial charge in [0.2, 0.25) is 0 Å².